The average Bonchev–Trinajstić information content (AvgIpc) is 3.20. The van der Waals surface area contributed by atoms with E-state index in [0.717, 1.165) is 33.5 Å². The second kappa shape index (κ2) is 5.92. The zero-order valence-corrected chi connectivity index (χ0v) is 16.5. The molecule has 4 aliphatic carbocycles. The number of rotatable bonds is 4. The van der Waals surface area contributed by atoms with Gasteiger partial charge in [-0.1, -0.05) is 35.1 Å². The van der Waals surface area contributed by atoms with E-state index >= 15 is 0 Å². The van der Waals surface area contributed by atoms with Gasteiger partial charge in [-0.15, -0.1) is 10.2 Å². The first-order valence-electron chi connectivity index (χ1n) is 9.77. The van der Waals surface area contributed by atoms with Crippen molar-refractivity contribution in [3.05, 3.63) is 40.1 Å². The van der Waals surface area contributed by atoms with Crippen LogP contribution in [-0.2, 0) is 12.0 Å². The third kappa shape index (κ3) is 2.60. The number of para-hydroxylation sites is 1. The molecule has 7 heteroatoms. The van der Waals surface area contributed by atoms with Gasteiger partial charge in [0.15, 0.2) is 10.8 Å². The minimum absolute atomic E-state index is 0.198. The van der Waals surface area contributed by atoms with Crippen molar-refractivity contribution in [1.29, 1.82) is 0 Å². The molecular weight excluding hydrogens is 380 g/mol. The summed E-state index contributed by atoms with van der Waals surface area (Å²) in [6.45, 7) is 0.401. The van der Waals surface area contributed by atoms with Gasteiger partial charge in [0.05, 0.1) is 5.02 Å². The van der Waals surface area contributed by atoms with Gasteiger partial charge in [0.25, 0.3) is 0 Å². The van der Waals surface area contributed by atoms with Crippen LogP contribution >= 0.6 is 22.9 Å². The topological polar surface area (TPSA) is 52.3 Å². The van der Waals surface area contributed by atoms with Gasteiger partial charge in [-0.2, -0.15) is 9.61 Å². The zero-order chi connectivity index (χ0) is 18.0. The molecule has 0 atom stereocenters. The van der Waals surface area contributed by atoms with E-state index in [2.05, 4.69) is 10.2 Å². The lowest BCUT2D eigenvalue weighted by atomic mass is 9.49. The Morgan fingerprint density at radius 2 is 1.78 bits per heavy atom. The number of hydrogen-bond donors (Lipinski definition) is 0. The number of fused-ring (bicyclic) bond motifs is 1. The summed E-state index contributed by atoms with van der Waals surface area (Å²) in [4.78, 5) is 0.874. The number of hydrogen-bond acceptors (Lipinski definition) is 5. The maximum Gasteiger partial charge on any atom is 0.234 e. The third-order valence-corrected chi connectivity index (χ3v) is 7.92. The van der Waals surface area contributed by atoms with E-state index in [1.807, 2.05) is 28.8 Å². The van der Waals surface area contributed by atoms with Gasteiger partial charge in [0, 0.05) is 5.41 Å². The lowest BCUT2D eigenvalue weighted by Crippen LogP contribution is -2.49. The Morgan fingerprint density at radius 1 is 1.07 bits per heavy atom. The summed E-state index contributed by atoms with van der Waals surface area (Å²) in [6.07, 6.45) is 8.08. The predicted octanol–water partition coefficient (Wildman–Crippen LogP) is 4.89. The molecular formula is C20H21ClN4OS. The molecule has 0 saturated heterocycles. The molecule has 27 heavy (non-hydrogen) atoms. The zero-order valence-electron chi connectivity index (χ0n) is 15.0. The normalized spacial score (nSPS) is 31.7. The summed E-state index contributed by atoms with van der Waals surface area (Å²) >= 11 is 7.74. The molecule has 0 unspecified atom stereocenters. The van der Waals surface area contributed by atoms with Crippen molar-refractivity contribution in [2.45, 2.75) is 50.5 Å². The highest BCUT2D eigenvalue weighted by Gasteiger charge is 2.54. The van der Waals surface area contributed by atoms with Gasteiger partial charge in [0.1, 0.15) is 12.4 Å². The second-order valence-electron chi connectivity index (χ2n) is 8.63. The summed E-state index contributed by atoms with van der Waals surface area (Å²) in [5.74, 6) is 4.42. The van der Waals surface area contributed by atoms with Crippen LogP contribution in [-0.4, -0.2) is 19.8 Å². The van der Waals surface area contributed by atoms with E-state index in [0.29, 0.717) is 17.4 Å². The highest BCUT2D eigenvalue weighted by molar-refractivity contribution is 7.16. The molecule has 7 rings (SSSR count). The Hall–Kier alpha value is -1.66. The molecule has 4 fully saturated rings. The lowest BCUT2D eigenvalue weighted by molar-refractivity contribution is -0.0103. The number of ether oxygens (including phenoxy) is 1. The summed E-state index contributed by atoms with van der Waals surface area (Å²) in [5.41, 5.74) is 0.198. The van der Waals surface area contributed by atoms with Gasteiger partial charge in [-0.25, -0.2) is 0 Å². The van der Waals surface area contributed by atoms with Crippen LogP contribution in [0.5, 0.6) is 5.75 Å². The molecule has 5 nitrogen and oxygen atoms in total. The molecule has 0 spiro atoms. The SMILES string of the molecule is Clc1ccccc1OCc1nn2c(C34CC5CC(CC(C5)C3)C4)nnc2s1. The molecule has 1 aromatic carbocycles. The molecule has 0 radical (unpaired) electrons. The van der Waals surface area contributed by atoms with Crippen molar-refractivity contribution in [3.8, 4) is 5.75 Å². The van der Waals surface area contributed by atoms with Crippen molar-refractivity contribution >= 4 is 27.9 Å². The Kier molecular flexibility index (Phi) is 3.57. The van der Waals surface area contributed by atoms with Crippen LogP contribution in [0.1, 0.15) is 49.4 Å². The summed E-state index contributed by atoms with van der Waals surface area (Å²) < 4.78 is 7.87. The largest absolute Gasteiger partial charge is 0.485 e. The molecule has 4 saturated carbocycles. The van der Waals surface area contributed by atoms with Crippen molar-refractivity contribution in [2.75, 3.05) is 0 Å². The maximum atomic E-state index is 6.18. The monoisotopic (exact) mass is 400 g/mol. The Bertz CT molecular complexity index is 977. The van der Waals surface area contributed by atoms with E-state index in [1.54, 1.807) is 11.3 Å². The first-order chi connectivity index (χ1) is 13.2. The molecule has 4 aliphatic rings. The summed E-state index contributed by atoms with van der Waals surface area (Å²) in [6, 6.07) is 7.53. The smallest absolute Gasteiger partial charge is 0.234 e. The van der Waals surface area contributed by atoms with Crippen LogP contribution < -0.4 is 4.74 Å². The van der Waals surface area contributed by atoms with E-state index in [9.17, 15) is 0 Å². The van der Waals surface area contributed by atoms with Crippen LogP contribution in [0.4, 0.5) is 0 Å². The van der Waals surface area contributed by atoms with Crippen molar-refractivity contribution in [3.63, 3.8) is 0 Å². The molecule has 0 aliphatic heterocycles. The van der Waals surface area contributed by atoms with Gasteiger partial charge in [-0.3, -0.25) is 0 Å². The number of nitrogens with zero attached hydrogens (tertiary/aromatic N) is 4. The van der Waals surface area contributed by atoms with Crippen LogP contribution in [0, 0.1) is 17.8 Å². The number of halogens is 1. The molecule has 0 amide bonds. The molecule has 2 heterocycles. The fourth-order valence-electron chi connectivity index (χ4n) is 6.13. The van der Waals surface area contributed by atoms with Gasteiger partial charge in [0.2, 0.25) is 4.96 Å². The predicted molar refractivity (Wildman–Crippen MR) is 104 cm³/mol. The fraction of sp³-hybridized carbons (Fsp3) is 0.550. The Morgan fingerprint density at radius 3 is 2.48 bits per heavy atom. The maximum absolute atomic E-state index is 6.18. The standard InChI is InChI=1S/C20H21ClN4OS/c21-15-3-1-2-4-16(15)26-11-17-24-25-18(22-23-19(25)27-17)20-8-12-5-13(9-20)7-14(6-12)10-20/h1-4,12-14H,5-11H2. The van der Waals surface area contributed by atoms with Crippen LogP contribution in [0.25, 0.3) is 4.96 Å². The summed E-state index contributed by atoms with van der Waals surface area (Å²) in [5, 5.41) is 15.4. The van der Waals surface area contributed by atoms with Crippen molar-refractivity contribution < 1.29 is 4.74 Å². The van der Waals surface area contributed by atoms with Gasteiger partial charge >= 0.3 is 0 Å². The molecule has 2 aromatic heterocycles. The average molecular weight is 401 g/mol. The highest BCUT2D eigenvalue weighted by Crippen LogP contribution is 2.60. The van der Waals surface area contributed by atoms with E-state index in [1.165, 1.54) is 38.5 Å². The highest BCUT2D eigenvalue weighted by atomic mass is 35.5. The van der Waals surface area contributed by atoms with Crippen molar-refractivity contribution in [1.82, 2.24) is 19.8 Å². The lowest BCUT2D eigenvalue weighted by Gasteiger charge is -2.55. The van der Waals surface area contributed by atoms with Crippen LogP contribution in [0.15, 0.2) is 24.3 Å². The van der Waals surface area contributed by atoms with Crippen molar-refractivity contribution in [2.24, 2.45) is 17.8 Å². The summed E-state index contributed by atoms with van der Waals surface area (Å²) in [7, 11) is 0. The quantitative estimate of drug-likeness (QED) is 0.625. The molecule has 0 N–H and O–H groups in total. The van der Waals surface area contributed by atoms with E-state index < -0.39 is 0 Å². The van der Waals surface area contributed by atoms with Gasteiger partial charge < -0.3 is 4.74 Å². The molecule has 4 bridgehead atoms. The second-order valence-corrected chi connectivity index (χ2v) is 10.1. The Balaban J connectivity index is 1.30. The minimum atomic E-state index is 0.198. The number of benzene rings is 1. The van der Waals surface area contributed by atoms with Crippen LogP contribution in [0.2, 0.25) is 5.02 Å². The van der Waals surface area contributed by atoms with E-state index in [-0.39, 0.29) is 5.41 Å². The minimum Gasteiger partial charge on any atom is -0.485 e. The molecule has 140 valence electrons. The van der Waals surface area contributed by atoms with Gasteiger partial charge in [-0.05, 0) is 68.4 Å². The third-order valence-electron chi connectivity index (χ3n) is 6.73. The Labute approximate surface area is 166 Å². The number of aromatic nitrogens is 4. The van der Waals surface area contributed by atoms with Crippen LogP contribution in [0.3, 0.4) is 0 Å². The first-order valence-corrected chi connectivity index (χ1v) is 11.0. The fourth-order valence-corrected chi connectivity index (χ4v) is 7.07. The first kappa shape index (κ1) is 16.3. The van der Waals surface area contributed by atoms with E-state index in [4.69, 9.17) is 21.4 Å². The molecule has 3 aromatic rings.